The Labute approximate surface area is 142 Å². The molecule has 0 N–H and O–H groups in total. The topological polar surface area (TPSA) is 52.6 Å². The molecule has 0 aromatic heterocycles. The lowest BCUT2D eigenvalue weighted by molar-refractivity contribution is -0.152. The quantitative estimate of drug-likeness (QED) is 0.334. The molecule has 4 aliphatic rings. The maximum absolute atomic E-state index is 12.5. The molecule has 4 nitrogen and oxygen atoms in total. The van der Waals surface area contributed by atoms with Crippen LogP contribution in [0.4, 0.5) is 0 Å². The number of allylic oxidation sites excluding steroid dienone is 3. The highest BCUT2D eigenvalue weighted by molar-refractivity contribution is 5.99. The van der Waals surface area contributed by atoms with E-state index >= 15 is 0 Å². The van der Waals surface area contributed by atoms with Crippen LogP contribution < -0.4 is 0 Å². The molecule has 128 valence electrons. The molecule has 0 radical (unpaired) electrons. The van der Waals surface area contributed by atoms with Gasteiger partial charge in [-0.15, -0.1) is 0 Å². The van der Waals surface area contributed by atoms with E-state index in [4.69, 9.17) is 9.47 Å². The lowest BCUT2D eigenvalue weighted by Gasteiger charge is -2.35. The summed E-state index contributed by atoms with van der Waals surface area (Å²) in [5.74, 6) is 0.430. The van der Waals surface area contributed by atoms with Crippen LogP contribution in [0.5, 0.6) is 0 Å². The van der Waals surface area contributed by atoms with E-state index in [0.29, 0.717) is 17.9 Å². The van der Waals surface area contributed by atoms with E-state index in [-0.39, 0.29) is 23.1 Å². The van der Waals surface area contributed by atoms with Gasteiger partial charge in [-0.1, -0.05) is 25.0 Å². The van der Waals surface area contributed by atoms with Gasteiger partial charge in [-0.25, -0.2) is 4.79 Å². The van der Waals surface area contributed by atoms with Crippen molar-refractivity contribution in [1.29, 1.82) is 0 Å². The van der Waals surface area contributed by atoms with Crippen molar-refractivity contribution in [2.24, 2.45) is 17.3 Å². The summed E-state index contributed by atoms with van der Waals surface area (Å²) in [4.78, 5) is 23.9. The van der Waals surface area contributed by atoms with Gasteiger partial charge in [-0.3, -0.25) is 4.79 Å². The molecule has 3 atom stereocenters. The van der Waals surface area contributed by atoms with Gasteiger partial charge in [0.2, 0.25) is 0 Å². The summed E-state index contributed by atoms with van der Waals surface area (Å²) < 4.78 is 10.7. The fourth-order valence-corrected chi connectivity index (χ4v) is 5.04. The molecule has 0 saturated heterocycles. The molecule has 4 rings (SSSR count). The average Bonchev–Trinajstić information content (AvgIpc) is 3.10. The first-order valence-electron chi connectivity index (χ1n) is 8.87. The second-order valence-corrected chi connectivity index (χ2v) is 8.13. The molecule has 0 aromatic rings. The largest absolute Gasteiger partial charge is 0.458 e. The zero-order valence-electron chi connectivity index (χ0n) is 14.6. The van der Waals surface area contributed by atoms with E-state index < -0.39 is 6.29 Å². The first kappa shape index (κ1) is 15.7. The van der Waals surface area contributed by atoms with Crippen LogP contribution in [-0.2, 0) is 19.1 Å². The highest BCUT2D eigenvalue weighted by Crippen LogP contribution is 2.58. The first-order chi connectivity index (χ1) is 11.4. The Hall–Kier alpha value is -1.84. The number of hydrogen-bond donors (Lipinski definition) is 0. The third-order valence-corrected chi connectivity index (χ3v) is 6.10. The molecule has 1 unspecified atom stereocenters. The van der Waals surface area contributed by atoms with Crippen LogP contribution in [0.1, 0.15) is 52.9 Å². The zero-order chi connectivity index (χ0) is 17.1. The van der Waals surface area contributed by atoms with E-state index in [9.17, 15) is 9.59 Å². The standard InChI is InChI=1S/C20H24O4/c1-11-7-17(24-19(11)22)23-10-15-13-8-12-5-4-6-20(2,3)18(12)14(13)9-16(15)21/h7,10,13-14,17H,4-6,8-9H2,1-3H3/b15-10+/t13-,14-,17?/m0/s1. The van der Waals surface area contributed by atoms with E-state index in [1.54, 1.807) is 30.4 Å². The normalized spacial score (nSPS) is 35.9. The van der Waals surface area contributed by atoms with Gasteiger partial charge in [0.15, 0.2) is 5.78 Å². The molecule has 1 aliphatic heterocycles. The first-order valence-corrected chi connectivity index (χ1v) is 8.87. The summed E-state index contributed by atoms with van der Waals surface area (Å²) in [6.45, 7) is 6.34. The van der Waals surface area contributed by atoms with Crippen LogP contribution in [0.3, 0.4) is 0 Å². The predicted octanol–water partition coefficient (Wildman–Crippen LogP) is 3.83. The smallest absolute Gasteiger partial charge is 0.336 e. The number of fused-ring (bicyclic) bond motifs is 2. The van der Waals surface area contributed by atoms with Crippen molar-refractivity contribution in [3.8, 4) is 0 Å². The summed E-state index contributed by atoms with van der Waals surface area (Å²) in [6.07, 6.45) is 7.74. The average molecular weight is 328 g/mol. The Balaban J connectivity index is 1.55. The van der Waals surface area contributed by atoms with Crippen molar-refractivity contribution in [3.63, 3.8) is 0 Å². The maximum Gasteiger partial charge on any atom is 0.336 e. The van der Waals surface area contributed by atoms with E-state index in [1.807, 2.05) is 0 Å². The van der Waals surface area contributed by atoms with Crippen LogP contribution in [-0.4, -0.2) is 18.0 Å². The highest BCUT2D eigenvalue weighted by Gasteiger charge is 2.50. The second kappa shape index (κ2) is 5.33. The number of Topliss-reactive ketones (excluding diaryl/α,β-unsaturated/α-hetero) is 1. The summed E-state index contributed by atoms with van der Waals surface area (Å²) >= 11 is 0. The van der Waals surface area contributed by atoms with Gasteiger partial charge >= 0.3 is 5.97 Å². The molecule has 1 fully saturated rings. The van der Waals surface area contributed by atoms with Crippen LogP contribution in [0.15, 0.2) is 34.6 Å². The summed E-state index contributed by atoms with van der Waals surface area (Å²) in [7, 11) is 0. The van der Waals surface area contributed by atoms with E-state index in [2.05, 4.69) is 13.8 Å². The van der Waals surface area contributed by atoms with Gasteiger partial charge < -0.3 is 9.47 Å². The van der Waals surface area contributed by atoms with Gasteiger partial charge in [-0.2, -0.15) is 0 Å². The molecule has 3 aliphatic carbocycles. The number of ether oxygens (including phenoxy) is 2. The summed E-state index contributed by atoms with van der Waals surface area (Å²) in [5, 5.41) is 0. The van der Waals surface area contributed by atoms with Crippen molar-refractivity contribution < 1.29 is 19.1 Å². The summed E-state index contributed by atoms with van der Waals surface area (Å²) in [5.41, 5.74) is 4.65. The van der Waals surface area contributed by atoms with Crippen molar-refractivity contribution >= 4 is 11.8 Å². The Bertz CT molecular complexity index is 707. The number of cyclic esters (lactones) is 1. The fourth-order valence-electron chi connectivity index (χ4n) is 5.04. The van der Waals surface area contributed by atoms with Gasteiger partial charge in [-0.05, 0) is 43.9 Å². The summed E-state index contributed by atoms with van der Waals surface area (Å²) in [6, 6.07) is 0. The van der Waals surface area contributed by atoms with Crippen molar-refractivity contribution in [2.75, 3.05) is 0 Å². The lowest BCUT2D eigenvalue weighted by atomic mass is 9.70. The molecular weight excluding hydrogens is 304 g/mol. The monoisotopic (exact) mass is 328 g/mol. The molecule has 0 bridgehead atoms. The van der Waals surface area contributed by atoms with Gasteiger partial charge in [0.1, 0.15) is 0 Å². The third kappa shape index (κ3) is 2.35. The minimum absolute atomic E-state index is 0.183. The SMILES string of the molecule is CC1=CC(O/C=C2/C(=O)C[C@@H]3C4=C(CCCC4(C)C)C[C@H]23)OC1=O. The predicted molar refractivity (Wildman–Crippen MR) is 88.7 cm³/mol. The molecule has 4 heteroatoms. The van der Waals surface area contributed by atoms with Crippen molar-refractivity contribution in [3.05, 3.63) is 34.6 Å². The van der Waals surface area contributed by atoms with Crippen LogP contribution in [0.25, 0.3) is 0 Å². The Morgan fingerprint density at radius 2 is 2.04 bits per heavy atom. The second-order valence-electron chi connectivity index (χ2n) is 8.13. The Kier molecular flexibility index (Phi) is 3.48. The van der Waals surface area contributed by atoms with Crippen LogP contribution >= 0.6 is 0 Å². The fraction of sp³-hybridized carbons (Fsp3) is 0.600. The van der Waals surface area contributed by atoms with Gasteiger partial charge in [0, 0.05) is 29.6 Å². The van der Waals surface area contributed by atoms with Crippen LogP contribution in [0, 0.1) is 17.3 Å². The Morgan fingerprint density at radius 3 is 2.75 bits per heavy atom. The molecule has 24 heavy (non-hydrogen) atoms. The number of rotatable bonds is 2. The zero-order valence-corrected chi connectivity index (χ0v) is 14.6. The van der Waals surface area contributed by atoms with Gasteiger partial charge in [0.25, 0.3) is 6.29 Å². The molecule has 1 heterocycles. The molecule has 1 saturated carbocycles. The van der Waals surface area contributed by atoms with Crippen molar-refractivity contribution in [1.82, 2.24) is 0 Å². The minimum Gasteiger partial charge on any atom is -0.458 e. The van der Waals surface area contributed by atoms with Crippen LogP contribution in [0.2, 0.25) is 0 Å². The van der Waals surface area contributed by atoms with Crippen molar-refractivity contribution in [2.45, 2.75) is 59.2 Å². The number of esters is 1. The third-order valence-electron chi connectivity index (χ3n) is 6.10. The maximum atomic E-state index is 12.5. The Morgan fingerprint density at radius 1 is 1.25 bits per heavy atom. The molecular formula is C20H24O4. The highest BCUT2D eigenvalue weighted by atomic mass is 16.7. The molecule has 0 spiro atoms. The van der Waals surface area contributed by atoms with E-state index in [1.165, 1.54) is 19.3 Å². The number of ketones is 1. The number of carbonyl (C=O) groups is 2. The number of hydrogen-bond acceptors (Lipinski definition) is 4. The minimum atomic E-state index is -0.697. The molecule has 0 amide bonds. The number of carbonyl (C=O) groups excluding carboxylic acids is 2. The van der Waals surface area contributed by atoms with Gasteiger partial charge in [0.05, 0.1) is 6.26 Å². The lowest BCUT2D eigenvalue weighted by Crippen LogP contribution is -2.23. The van der Waals surface area contributed by atoms with E-state index in [0.717, 1.165) is 12.0 Å². The molecule has 0 aromatic carbocycles.